The van der Waals surface area contributed by atoms with Gasteiger partial charge >= 0.3 is 0 Å². The number of nitrogens with one attached hydrogen (secondary N) is 1. The Kier molecular flexibility index (Phi) is 4.75. The molecule has 3 saturated carbocycles. The van der Waals surface area contributed by atoms with Crippen LogP contribution in [0.1, 0.15) is 51.4 Å². The summed E-state index contributed by atoms with van der Waals surface area (Å²) in [6, 6.07) is 3.19. The minimum atomic E-state index is -0.846. The monoisotopic (exact) mass is 499 g/mol. The Hall–Kier alpha value is -2.33. The van der Waals surface area contributed by atoms with Gasteiger partial charge in [0.05, 0.1) is 41.2 Å². The minimum absolute atomic E-state index is 0.0734. The summed E-state index contributed by atoms with van der Waals surface area (Å²) in [5.41, 5.74) is 2.25. The predicted octanol–water partition coefficient (Wildman–Crippen LogP) is 4.20. The Morgan fingerprint density at radius 1 is 1.26 bits per heavy atom. The summed E-state index contributed by atoms with van der Waals surface area (Å²) in [5.74, 6) is 1.73. The third-order valence-corrected chi connectivity index (χ3v) is 8.37. The molecule has 0 unspecified atom stereocenters. The molecule has 10 heteroatoms. The first-order chi connectivity index (χ1) is 16.8. The average Bonchev–Trinajstić information content (AvgIpc) is 3.33. The number of imidazole rings is 1. The van der Waals surface area contributed by atoms with Crippen LogP contribution in [0, 0.1) is 11.7 Å². The third kappa shape index (κ3) is 3.25. The number of aliphatic hydroxyl groups is 1. The fraction of sp³-hybridized carbons (Fsp3) is 0.560. The molecule has 2 saturated heterocycles. The van der Waals surface area contributed by atoms with Crippen LogP contribution < -0.4 is 5.32 Å². The fourth-order valence-electron chi connectivity index (χ4n) is 6.27. The molecule has 2 aromatic heterocycles. The van der Waals surface area contributed by atoms with Crippen molar-refractivity contribution in [3.8, 4) is 11.3 Å². The summed E-state index contributed by atoms with van der Waals surface area (Å²) in [4.78, 5) is 13.7. The first-order valence-electron chi connectivity index (χ1n) is 12.3. The molecule has 2 aliphatic heterocycles. The zero-order valence-corrected chi connectivity index (χ0v) is 20.3. The molecule has 35 heavy (non-hydrogen) atoms. The molecule has 4 bridgehead atoms. The van der Waals surface area contributed by atoms with Gasteiger partial charge in [-0.3, -0.25) is 0 Å². The van der Waals surface area contributed by atoms with Crippen molar-refractivity contribution in [3.63, 3.8) is 0 Å². The van der Waals surface area contributed by atoms with E-state index in [0.29, 0.717) is 40.8 Å². The second-order valence-corrected chi connectivity index (χ2v) is 11.2. The molecule has 1 aromatic carbocycles. The van der Waals surface area contributed by atoms with Crippen LogP contribution in [0.15, 0.2) is 18.3 Å². The molecular weight excluding hydrogens is 473 g/mol. The van der Waals surface area contributed by atoms with Crippen LogP contribution in [0.5, 0.6) is 0 Å². The molecule has 5 aliphatic rings. The van der Waals surface area contributed by atoms with Gasteiger partial charge in [-0.1, -0.05) is 11.6 Å². The fourth-order valence-corrected chi connectivity index (χ4v) is 6.47. The number of rotatable bonds is 5. The molecule has 4 atom stereocenters. The highest BCUT2D eigenvalue weighted by Gasteiger charge is 2.60. The lowest BCUT2D eigenvalue weighted by atomic mass is 9.44. The van der Waals surface area contributed by atoms with Crippen molar-refractivity contribution in [2.45, 2.75) is 75.5 Å². The summed E-state index contributed by atoms with van der Waals surface area (Å²) in [6.07, 6.45) is 3.94. The Bertz CT molecular complexity index is 1330. The lowest BCUT2D eigenvalue weighted by molar-refractivity contribution is -0.156. The molecule has 3 aliphatic carbocycles. The Labute approximate surface area is 206 Å². The topological polar surface area (TPSA) is 94.3 Å². The van der Waals surface area contributed by atoms with E-state index >= 15 is 4.39 Å². The van der Waals surface area contributed by atoms with Gasteiger partial charge in [0.1, 0.15) is 17.4 Å². The van der Waals surface area contributed by atoms with E-state index in [1.807, 2.05) is 6.07 Å². The van der Waals surface area contributed by atoms with E-state index in [1.165, 1.54) is 12.3 Å². The van der Waals surface area contributed by atoms with Crippen LogP contribution >= 0.6 is 11.6 Å². The van der Waals surface area contributed by atoms with E-state index in [-0.39, 0.29) is 29.4 Å². The van der Waals surface area contributed by atoms with Gasteiger partial charge in [-0.25, -0.2) is 19.3 Å². The maximum absolute atomic E-state index is 15.4. The number of halogens is 2. The number of aliphatic hydroxyl groups excluding tert-OH is 1. The number of hydrogen-bond acceptors (Lipinski definition) is 7. The van der Waals surface area contributed by atoms with Crippen LogP contribution in [0.25, 0.3) is 22.3 Å². The average molecular weight is 500 g/mol. The quantitative estimate of drug-likeness (QED) is 0.543. The molecule has 184 valence electrons. The van der Waals surface area contributed by atoms with E-state index in [9.17, 15) is 5.11 Å². The molecule has 3 aromatic rings. The standard InChI is InChI=1S/C25H27ClFN5O3/c1-11(2)32-18-4-13(3-16(27)20(18)30-23(32)25-6-12(7-25)8-25)19-15(26)9-28-24(31-19)29-17-5-14-10-34-22(35-14)21(17)33/h3-4,9,11-12,14,17,21-22,33H,5-8,10H2,1-2H3,(H,28,29,31)/t12?,14-,17+,21-,22+,25?/m0/s1. The minimum Gasteiger partial charge on any atom is -0.386 e. The smallest absolute Gasteiger partial charge is 0.223 e. The van der Waals surface area contributed by atoms with E-state index in [1.54, 1.807) is 0 Å². The van der Waals surface area contributed by atoms with Crippen molar-refractivity contribution in [1.29, 1.82) is 0 Å². The first-order valence-corrected chi connectivity index (χ1v) is 12.7. The number of hydrogen-bond donors (Lipinski definition) is 2. The summed E-state index contributed by atoms with van der Waals surface area (Å²) < 4.78 is 28.7. The van der Waals surface area contributed by atoms with Gasteiger partial charge in [0.15, 0.2) is 12.1 Å². The molecule has 0 radical (unpaired) electrons. The van der Waals surface area contributed by atoms with Crippen LogP contribution in [-0.2, 0) is 14.9 Å². The van der Waals surface area contributed by atoms with E-state index in [0.717, 1.165) is 36.5 Å². The van der Waals surface area contributed by atoms with Gasteiger partial charge in [-0.15, -0.1) is 0 Å². The number of ether oxygens (including phenoxy) is 2. The summed E-state index contributed by atoms with van der Waals surface area (Å²) in [5, 5.41) is 14.1. The normalized spacial score (nSPS) is 33.1. The first kappa shape index (κ1) is 21.9. The van der Waals surface area contributed by atoms with Crippen LogP contribution in [0.3, 0.4) is 0 Å². The molecular formula is C25H27ClFN5O3. The van der Waals surface area contributed by atoms with Crippen molar-refractivity contribution in [2.24, 2.45) is 5.92 Å². The van der Waals surface area contributed by atoms with Gasteiger partial charge in [0, 0.05) is 17.0 Å². The summed E-state index contributed by atoms with van der Waals surface area (Å²) in [6.45, 7) is 4.67. The zero-order valence-electron chi connectivity index (χ0n) is 19.5. The van der Waals surface area contributed by atoms with Crippen LogP contribution in [-0.4, -0.2) is 55.8 Å². The predicted molar refractivity (Wildman–Crippen MR) is 128 cm³/mol. The van der Waals surface area contributed by atoms with Crippen molar-refractivity contribution in [1.82, 2.24) is 19.5 Å². The third-order valence-electron chi connectivity index (χ3n) is 8.09. The molecule has 2 N–H and O–H groups in total. The molecule has 0 spiro atoms. The summed E-state index contributed by atoms with van der Waals surface area (Å²) >= 11 is 6.49. The van der Waals surface area contributed by atoms with Crippen molar-refractivity contribution < 1.29 is 19.0 Å². The SMILES string of the molecule is CC(C)n1c(C23CC(C2)C3)nc2c(F)cc(-c3nc(N[C@@H]4C[C@H]5CO[C@H](O5)[C@H]4O)ncc3Cl)cc21. The second kappa shape index (κ2) is 7.59. The van der Waals surface area contributed by atoms with E-state index in [2.05, 4.69) is 33.7 Å². The van der Waals surface area contributed by atoms with Crippen molar-refractivity contribution in [2.75, 3.05) is 11.9 Å². The highest BCUT2D eigenvalue weighted by molar-refractivity contribution is 6.33. The van der Waals surface area contributed by atoms with E-state index in [4.69, 9.17) is 26.1 Å². The van der Waals surface area contributed by atoms with Crippen molar-refractivity contribution in [3.05, 3.63) is 35.0 Å². The van der Waals surface area contributed by atoms with Crippen molar-refractivity contribution >= 4 is 28.6 Å². The molecule has 0 amide bonds. The highest BCUT2D eigenvalue weighted by Crippen LogP contribution is 2.65. The Balaban J connectivity index is 1.27. The number of aromatic nitrogens is 4. The number of anilines is 1. The maximum atomic E-state index is 15.4. The highest BCUT2D eigenvalue weighted by atomic mass is 35.5. The Morgan fingerprint density at radius 2 is 2.06 bits per heavy atom. The maximum Gasteiger partial charge on any atom is 0.223 e. The number of nitrogens with zero attached hydrogens (tertiary/aromatic N) is 4. The van der Waals surface area contributed by atoms with E-state index < -0.39 is 12.4 Å². The van der Waals surface area contributed by atoms with Gasteiger partial charge in [0.2, 0.25) is 5.95 Å². The Morgan fingerprint density at radius 3 is 2.77 bits per heavy atom. The van der Waals surface area contributed by atoms with Gasteiger partial charge in [0.25, 0.3) is 0 Å². The van der Waals surface area contributed by atoms with Crippen LogP contribution in [0.2, 0.25) is 5.02 Å². The molecule has 8 nitrogen and oxygen atoms in total. The van der Waals surface area contributed by atoms with Gasteiger partial charge in [-0.05, 0) is 57.6 Å². The zero-order chi connectivity index (χ0) is 24.1. The second-order valence-electron chi connectivity index (χ2n) is 10.8. The molecule has 8 rings (SSSR count). The van der Waals surface area contributed by atoms with Gasteiger partial charge < -0.3 is 24.5 Å². The number of benzene rings is 1. The summed E-state index contributed by atoms with van der Waals surface area (Å²) in [7, 11) is 0. The largest absolute Gasteiger partial charge is 0.386 e. The number of fused-ring (bicyclic) bond motifs is 3. The lowest BCUT2D eigenvalue weighted by Crippen LogP contribution is -2.56. The molecule has 4 heterocycles. The van der Waals surface area contributed by atoms with Gasteiger partial charge in [-0.2, -0.15) is 0 Å². The molecule has 5 fully saturated rings. The van der Waals surface area contributed by atoms with Crippen LogP contribution in [0.4, 0.5) is 10.3 Å². The lowest BCUT2D eigenvalue weighted by Gasteiger charge is -2.61.